The summed E-state index contributed by atoms with van der Waals surface area (Å²) < 4.78 is 31.4. The molecular weight excluding hydrogens is 334 g/mol. The molecule has 24 heavy (non-hydrogen) atoms. The molecule has 0 aromatic carbocycles. The maximum Gasteiger partial charge on any atom is 0.332 e. The Morgan fingerprint density at radius 2 is 1.75 bits per heavy atom. The van der Waals surface area contributed by atoms with Crippen molar-refractivity contribution in [3.8, 4) is 0 Å². The van der Waals surface area contributed by atoms with E-state index in [4.69, 9.17) is 0 Å². The standard InChI is InChI=1S/C14H23N5O4S/c1-16-12(9-13(20)17(2)14(16)21)18-8-5-11(10-18)15-24(22,23)19-6-3-4-7-19/h9,11,15H,3-8,10H2,1-2H3/t11-/m1/s1. The number of rotatable bonds is 4. The minimum absolute atomic E-state index is 0.227. The monoisotopic (exact) mass is 357 g/mol. The largest absolute Gasteiger partial charge is 0.356 e. The van der Waals surface area contributed by atoms with E-state index in [1.807, 2.05) is 4.90 Å². The molecule has 0 radical (unpaired) electrons. The van der Waals surface area contributed by atoms with Crippen LogP contribution in [0.4, 0.5) is 5.82 Å². The van der Waals surface area contributed by atoms with Gasteiger partial charge in [-0.25, -0.2) is 4.79 Å². The smallest absolute Gasteiger partial charge is 0.332 e. The fourth-order valence-electron chi connectivity index (χ4n) is 3.30. The summed E-state index contributed by atoms with van der Waals surface area (Å²) in [6.07, 6.45) is 2.43. The molecule has 0 saturated carbocycles. The van der Waals surface area contributed by atoms with Gasteiger partial charge in [-0.1, -0.05) is 0 Å². The molecule has 2 saturated heterocycles. The van der Waals surface area contributed by atoms with E-state index in [9.17, 15) is 18.0 Å². The van der Waals surface area contributed by atoms with E-state index in [1.54, 1.807) is 7.05 Å². The first-order chi connectivity index (χ1) is 11.3. The zero-order valence-corrected chi connectivity index (χ0v) is 14.8. The van der Waals surface area contributed by atoms with Crippen molar-refractivity contribution in [1.29, 1.82) is 0 Å². The third kappa shape index (κ3) is 3.13. The summed E-state index contributed by atoms with van der Waals surface area (Å²) in [6, 6.07) is 1.19. The highest BCUT2D eigenvalue weighted by Gasteiger charge is 2.32. The Kier molecular flexibility index (Phi) is 4.54. The van der Waals surface area contributed by atoms with Gasteiger partial charge >= 0.3 is 5.69 Å². The Bertz CT molecular complexity index is 838. The summed E-state index contributed by atoms with van der Waals surface area (Å²) in [6.45, 7) is 2.16. The number of hydrogen-bond donors (Lipinski definition) is 1. The highest BCUT2D eigenvalue weighted by Crippen LogP contribution is 2.19. The Labute approximate surface area is 140 Å². The van der Waals surface area contributed by atoms with Gasteiger partial charge in [0.2, 0.25) is 0 Å². The molecule has 1 N–H and O–H groups in total. The van der Waals surface area contributed by atoms with Crippen LogP contribution in [0.1, 0.15) is 19.3 Å². The quantitative estimate of drug-likeness (QED) is 0.714. The lowest BCUT2D eigenvalue weighted by Gasteiger charge is -2.23. The second-order valence-corrected chi connectivity index (χ2v) is 8.10. The van der Waals surface area contributed by atoms with E-state index >= 15 is 0 Å². The van der Waals surface area contributed by atoms with Gasteiger partial charge in [0.1, 0.15) is 5.82 Å². The van der Waals surface area contributed by atoms with Crippen LogP contribution in [0, 0.1) is 0 Å². The van der Waals surface area contributed by atoms with Crippen LogP contribution in [-0.2, 0) is 24.3 Å². The predicted molar refractivity (Wildman–Crippen MR) is 90.4 cm³/mol. The van der Waals surface area contributed by atoms with Crippen LogP contribution in [-0.4, -0.2) is 54.1 Å². The fraction of sp³-hybridized carbons (Fsp3) is 0.714. The average molecular weight is 357 g/mol. The zero-order chi connectivity index (χ0) is 17.5. The molecule has 0 unspecified atom stereocenters. The first kappa shape index (κ1) is 17.2. The third-order valence-corrected chi connectivity index (χ3v) is 6.41. The van der Waals surface area contributed by atoms with E-state index in [0.29, 0.717) is 38.4 Å². The number of anilines is 1. The molecule has 134 valence electrons. The molecule has 3 rings (SSSR count). The molecule has 0 aliphatic carbocycles. The number of nitrogens with one attached hydrogen (secondary N) is 1. The van der Waals surface area contributed by atoms with Crippen LogP contribution in [0.5, 0.6) is 0 Å². The maximum atomic E-state index is 12.3. The molecule has 3 heterocycles. The molecule has 2 fully saturated rings. The van der Waals surface area contributed by atoms with Crippen LogP contribution < -0.4 is 20.9 Å². The molecule has 9 nitrogen and oxygen atoms in total. The molecule has 10 heteroatoms. The maximum absolute atomic E-state index is 12.3. The highest BCUT2D eigenvalue weighted by molar-refractivity contribution is 7.87. The normalized spacial score (nSPS) is 22.4. The van der Waals surface area contributed by atoms with Gasteiger partial charge in [0, 0.05) is 52.4 Å². The Balaban J connectivity index is 1.74. The summed E-state index contributed by atoms with van der Waals surface area (Å²) in [5, 5.41) is 0. The molecule has 1 aromatic heterocycles. The first-order valence-corrected chi connectivity index (χ1v) is 9.53. The van der Waals surface area contributed by atoms with Crippen molar-refractivity contribution >= 4 is 16.0 Å². The SMILES string of the molecule is Cn1c(N2CC[C@@H](NS(=O)(=O)N3CCCC3)C2)cc(=O)n(C)c1=O. The fourth-order valence-corrected chi connectivity index (χ4v) is 4.80. The topological polar surface area (TPSA) is 96.7 Å². The minimum Gasteiger partial charge on any atom is -0.356 e. The number of nitrogens with zero attached hydrogens (tertiary/aromatic N) is 4. The highest BCUT2D eigenvalue weighted by atomic mass is 32.2. The molecule has 0 spiro atoms. The van der Waals surface area contributed by atoms with Crippen LogP contribution in [0.2, 0.25) is 0 Å². The van der Waals surface area contributed by atoms with E-state index in [-0.39, 0.29) is 11.6 Å². The summed E-state index contributed by atoms with van der Waals surface area (Å²) >= 11 is 0. The van der Waals surface area contributed by atoms with Crippen molar-refractivity contribution in [2.24, 2.45) is 14.1 Å². The number of aromatic nitrogens is 2. The van der Waals surface area contributed by atoms with Gasteiger partial charge in [-0.15, -0.1) is 0 Å². The molecule has 1 aromatic rings. The van der Waals surface area contributed by atoms with Gasteiger partial charge in [0.25, 0.3) is 15.8 Å². The van der Waals surface area contributed by atoms with Crippen LogP contribution in [0.3, 0.4) is 0 Å². The Morgan fingerprint density at radius 3 is 2.42 bits per heavy atom. The molecule has 1 atom stereocenters. The molecular formula is C14H23N5O4S. The lowest BCUT2D eigenvalue weighted by Crippen LogP contribution is -2.45. The Hall–Kier alpha value is -1.65. The van der Waals surface area contributed by atoms with Crippen molar-refractivity contribution in [3.05, 3.63) is 26.9 Å². The van der Waals surface area contributed by atoms with Gasteiger partial charge in [0.05, 0.1) is 0 Å². The predicted octanol–water partition coefficient (Wildman–Crippen LogP) is -1.41. The summed E-state index contributed by atoms with van der Waals surface area (Å²) in [4.78, 5) is 25.8. The van der Waals surface area contributed by atoms with Crippen molar-refractivity contribution in [2.45, 2.75) is 25.3 Å². The second-order valence-electron chi connectivity index (χ2n) is 6.40. The number of hydrogen-bond acceptors (Lipinski definition) is 5. The van der Waals surface area contributed by atoms with Crippen molar-refractivity contribution < 1.29 is 8.42 Å². The molecule has 2 aliphatic rings. The summed E-state index contributed by atoms with van der Waals surface area (Å²) in [7, 11) is -0.414. The van der Waals surface area contributed by atoms with Gasteiger partial charge in [-0.3, -0.25) is 13.9 Å². The Morgan fingerprint density at radius 1 is 1.08 bits per heavy atom. The lowest BCUT2D eigenvalue weighted by atomic mass is 10.3. The van der Waals surface area contributed by atoms with Gasteiger partial charge in [-0.2, -0.15) is 17.4 Å². The van der Waals surface area contributed by atoms with Crippen LogP contribution in [0.15, 0.2) is 15.7 Å². The van der Waals surface area contributed by atoms with Gasteiger partial charge in [0.15, 0.2) is 0 Å². The molecule has 0 amide bonds. The van der Waals surface area contributed by atoms with E-state index < -0.39 is 15.9 Å². The molecule has 2 aliphatic heterocycles. The molecule has 0 bridgehead atoms. The van der Waals surface area contributed by atoms with Gasteiger partial charge < -0.3 is 4.90 Å². The van der Waals surface area contributed by atoms with Gasteiger partial charge in [-0.05, 0) is 19.3 Å². The average Bonchev–Trinajstić information content (AvgIpc) is 3.20. The van der Waals surface area contributed by atoms with Crippen molar-refractivity contribution in [2.75, 3.05) is 31.1 Å². The zero-order valence-electron chi connectivity index (χ0n) is 13.9. The van der Waals surface area contributed by atoms with E-state index in [1.165, 1.54) is 22.0 Å². The van der Waals surface area contributed by atoms with Crippen molar-refractivity contribution in [1.82, 2.24) is 18.2 Å². The first-order valence-electron chi connectivity index (χ1n) is 8.09. The summed E-state index contributed by atoms with van der Waals surface area (Å²) in [5.41, 5.74) is -0.757. The van der Waals surface area contributed by atoms with Crippen LogP contribution >= 0.6 is 0 Å². The van der Waals surface area contributed by atoms with E-state index in [2.05, 4.69) is 4.72 Å². The summed E-state index contributed by atoms with van der Waals surface area (Å²) in [5.74, 6) is 0.519. The lowest BCUT2D eigenvalue weighted by molar-refractivity contribution is 0.455. The second kappa shape index (κ2) is 6.34. The van der Waals surface area contributed by atoms with Crippen LogP contribution in [0.25, 0.3) is 0 Å². The third-order valence-electron chi connectivity index (χ3n) is 4.73. The van der Waals surface area contributed by atoms with E-state index in [0.717, 1.165) is 17.4 Å². The minimum atomic E-state index is -3.46. The van der Waals surface area contributed by atoms with Crippen molar-refractivity contribution in [3.63, 3.8) is 0 Å².